The van der Waals surface area contributed by atoms with E-state index in [1.807, 2.05) is 22.8 Å². The van der Waals surface area contributed by atoms with Crippen LogP contribution in [0.15, 0.2) is 39.9 Å². The van der Waals surface area contributed by atoms with Crippen LogP contribution in [0.3, 0.4) is 0 Å². The van der Waals surface area contributed by atoms with Gasteiger partial charge in [-0.1, -0.05) is 30.3 Å². The Morgan fingerprint density at radius 2 is 1.93 bits per heavy atom. The van der Waals surface area contributed by atoms with Crippen molar-refractivity contribution in [2.75, 3.05) is 31.1 Å². The largest absolute Gasteiger partial charge is 0.341 e. The fraction of sp³-hybridized carbons (Fsp3) is 0.421. The van der Waals surface area contributed by atoms with E-state index in [1.165, 1.54) is 10.1 Å². The molecule has 0 aliphatic carbocycles. The van der Waals surface area contributed by atoms with Crippen LogP contribution in [0.5, 0.6) is 0 Å². The van der Waals surface area contributed by atoms with Crippen molar-refractivity contribution in [1.82, 2.24) is 24.4 Å². The van der Waals surface area contributed by atoms with Crippen molar-refractivity contribution >= 4 is 17.1 Å². The standard InChI is InChI=1S/C19H24N6O2/c1-23-16-15(17(26)22-19(23)27)25(12-8-14-6-3-2-4-7-14)18(21-16)24-11-5-9-20-10-13-24/h2-4,6-7,20H,5,8-13H2,1H3,(H,22,26,27). The summed E-state index contributed by atoms with van der Waals surface area (Å²) in [5.41, 5.74) is 1.27. The molecule has 1 aromatic carbocycles. The highest BCUT2D eigenvalue weighted by Gasteiger charge is 2.22. The van der Waals surface area contributed by atoms with Crippen LogP contribution in [0.1, 0.15) is 12.0 Å². The van der Waals surface area contributed by atoms with Crippen LogP contribution in [0.4, 0.5) is 5.95 Å². The van der Waals surface area contributed by atoms with Gasteiger partial charge in [0.1, 0.15) is 0 Å². The molecule has 2 aromatic heterocycles. The van der Waals surface area contributed by atoms with Crippen molar-refractivity contribution in [3.63, 3.8) is 0 Å². The van der Waals surface area contributed by atoms with E-state index in [9.17, 15) is 9.59 Å². The van der Waals surface area contributed by atoms with Gasteiger partial charge in [0.2, 0.25) is 5.95 Å². The highest BCUT2D eigenvalue weighted by atomic mass is 16.2. The number of aryl methyl sites for hydroxylation is 3. The third-order valence-electron chi connectivity index (χ3n) is 5.08. The number of rotatable bonds is 4. The van der Waals surface area contributed by atoms with Crippen LogP contribution in [0, 0.1) is 0 Å². The van der Waals surface area contributed by atoms with Crippen molar-refractivity contribution in [3.8, 4) is 0 Å². The van der Waals surface area contributed by atoms with Gasteiger partial charge in [0.15, 0.2) is 11.2 Å². The number of fused-ring (bicyclic) bond motifs is 1. The fourth-order valence-corrected chi connectivity index (χ4v) is 3.61. The number of aromatic nitrogens is 4. The SMILES string of the molecule is Cn1c(=O)[nH]c(=O)c2c1nc(N1CCCNCC1)n2CCc1ccccc1. The summed E-state index contributed by atoms with van der Waals surface area (Å²) in [6, 6.07) is 10.2. The first-order valence-electron chi connectivity index (χ1n) is 9.34. The molecule has 27 heavy (non-hydrogen) atoms. The average Bonchev–Trinajstić information content (AvgIpc) is 2.86. The maximum atomic E-state index is 12.6. The molecule has 0 radical (unpaired) electrons. The summed E-state index contributed by atoms with van der Waals surface area (Å²) in [6.07, 6.45) is 1.80. The van der Waals surface area contributed by atoms with E-state index in [2.05, 4.69) is 27.3 Å². The number of benzene rings is 1. The molecule has 4 rings (SSSR count). The number of nitrogens with one attached hydrogen (secondary N) is 2. The Kier molecular flexibility index (Phi) is 4.81. The molecule has 0 unspecified atom stereocenters. The predicted molar refractivity (Wildman–Crippen MR) is 105 cm³/mol. The minimum atomic E-state index is -0.440. The molecule has 0 bridgehead atoms. The molecule has 1 aliphatic heterocycles. The number of anilines is 1. The topological polar surface area (TPSA) is 87.9 Å². The normalized spacial score (nSPS) is 15.2. The maximum Gasteiger partial charge on any atom is 0.329 e. The summed E-state index contributed by atoms with van der Waals surface area (Å²) in [5.74, 6) is 0.760. The van der Waals surface area contributed by atoms with Crippen LogP contribution in [-0.4, -0.2) is 45.3 Å². The third kappa shape index (κ3) is 3.40. The highest BCUT2D eigenvalue weighted by molar-refractivity contribution is 5.74. The van der Waals surface area contributed by atoms with Crippen LogP contribution >= 0.6 is 0 Å². The summed E-state index contributed by atoms with van der Waals surface area (Å²) in [4.78, 5) is 33.9. The fourth-order valence-electron chi connectivity index (χ4n) is 3.61. The average molecular weight is 368 g/mol. The van der Waals surface area contributed by atoms with Crippen LogP contribution < -0.4 is 21.5 Å². The summed E-state index contributed by atoms with van der Waals surface area (Å²) >= 11 is 0. The number of H-pyrrole nitrogens is 1. The van der Waals surface area contributed by atoms with Gasteiger partial charge in [0, 0.05) is 33.2 Å². The van der Waals surface area contributed by atoms with Gasteiger partial charge in [-0.25, -0.2) is 4.79 Å². The van der Waals surface area contributed by atoms with Crippen LogP contribution in [-0.2, 0) is 20.0 Å². The molecule has 0 saturated carbocycles. The van der Waals surface area contributed by atoms with Gasteiger partial charge < -0.3 is 14.8 Å². The second-order valence-corrected chi connectivity index (χ2v) is 6.88. The van der Waals surface area contributed by atoms with Gasteiger partial charge in [0.25, 0.3) is 5.56 Å². The minimum absolute atomic E-state index is 0.382. The molecule has 8 heteroatoms. The van der Waals surface area contributed by atoms with E-state index < -0.39 is 5.69 Å². The van der Waals surface area contributed by atoms with Crippen molar-refractivity contribution in [2.45, 2.75) is 19.4 Å². The van der Waals surface area contributed by atoms with Crippen molar-refractivity contribution < 1.29 is 0 Å². The molecule has 1 fully saturated rings. The Bertz CT molecular complexity index is 1040. The van der Waals surface area contributed by atoms with Gasteiger partial charge in [0.05, 0.1) is 0 Å². The summed E-state index contributed by atoms with van der Waals surface area (Å²) in [7, 11) is 1.64. The van der Waals surface area contributed by atoms with E-state index in [0.717, 1.165) is 45.0 Å². The summed E-state index contributed by atoms with van der Waals surface area (Å²) in [6.45, 7) is 4.16. The smallest absolute Gasteiger partial charge is 0.329 e. The molecular weight excluding hydrogens is 344 g/mol. The van der Waals surface area contributed by atoms with Crippen LogP contribution in [0.25, 0.3) is 11.2 Å². The summed E-state index contributed by atoms with van der Waals surface area (Å²) in [5, 5.41) is 3.39. The first-order valence-corrected chi connectivity index (χ1v) is 9.34. The number of imidazole rings is 1. The molecular formula is C19H24N6O2. The van der Waals surface area contributed by atoms with Crippen LogP contribution in [0.2, 0.25) is 0 Å². The van der Waals surface area contributed by atoms with Gasteiger partial charge in [-0.05, 0) is 24.9 Å². The molecule has 3 aromatic rings. The van der Waals surface area contributed by atoms with Crippen molar-refractivity contribution in [3.05, 3.63) is 56.7 Å². The lowest BCUT2D eigenvalue weighted by atomic mass is 10.1. The van der Waals surface area contributed by atoms with E-state index in [-0.39, 0.29) is 5.56 Å². The second-order valence-electron chi connectivity index (χ2n) is 6.88. The van der Waals surface area contributed by atoms with E-state index >= 15 is 0 Å². The molecule has 1 aliphatic rings. The zero-order valence-electron chi connectivity index (χ0n) is 15.4. The number of aromatic amines is 1. The maximum absolute atomic E-state index is 12.6. The molecule has 142 valence electrons. The highest BCUT2D eigenvalue weighted by Crippen LogP contribution is 2.21. The number of nitrogens with zero attached hydrogens (tertiary/aromatic N) is 4. The molecule has 2 N–H and O–H groups in total. The Labute approximate surface area is 156 Å². The quantitative estimate of drug-likeness (QED) is 0.699. The Balaban J connectivity index is 1.82. The Morgan fingerprint density at radius 3 is 2.74 bits per heavy atom. The van der Waals surface area contributed by atoms with Crippen molar-refractivity contribution in [2.24, 2.45) is 7.05 Å². The first kappa shape index (κ1) is 17.5. The molecule has 0 atom stereocenters. The van der Waals surface area contributed by atoms with Gasteiger partial charge in [-0.3, -0.25) is 14.3 Å². The lowest BCUT2D eigenvalue weighted by Gasteiger charge is -2.22. The van der Waals surface area contributed by atoms with E-state index in [0.29, 0.717) is 17.7 Å². The zero-order chi connectivity index (χ0) is 18.8. The summed E-state index contributed by atoms with van der Waals surface area (Å²) < 4.78 is 3.38. The lowest BCUT2D eigenvalue weighted by molar-refractivity contribution is 0.674. The van der Waals surface area contributed by atoms with Gasteiger partial charge >= 0.3 is 5.69 Å². The second kappa shape index (κ2) is 7.40. The Hall–Kier alpha value is -2.87. The van der Waals surface area contributed by atoms with E-state index in [4.69, 9.17) is 4.98 Å². The molecule has 1 saturated heterocycles. The third-order valence-corrected chi connectivity index (χ3v) is 5.08. The Morgan fingerprint density at radius 1 is 1.11 bits per heavy atom. The number of hydrogen-bond donors (Lipinski definition) is 2. The number of hydrogen-bond acceptors (Lipinski definition) is 5. The monoisotopic (exact) mass is 368 g/mol. The van der Waals surface area contributed by atoms with Gasteiger partial charge in [-0.2, -0.15) is 4.98 Å². The molecule has 8 nitrogen and oxygen atoms in total. The first-order chi connectivity index (χ1) is 13.1. The van der Waals surface area contributed by atoms with Crippen molar-refractivity contribution in [1.29, 1.82) is 0 Å². The predicted octanol–water partition coefficient (Wildman–Crippen LogP) is 0.466. The minimum Gasteiger partial charge on any atom is -0.341 e. The molecule has 0 spiro atoms. The zero-order valence-corrected chi connectivity index (χ0v) is 15.4. The van der Waals surface area contributed by atoms with Gasteiger partial charge in [-0.15, -0.1) is 0 Å². The van der Waals surface area contributed by atoms with E-state index in [1.54, 1.807) is 7.05 Å². The lowest BCUT2D eigenvalue weighted by Crippen LogP contribution is -2.31. The molecule has 3 heterocycles. The molecule has 0 amide bonds.